The highest BCUT2D eigenvalue weighted by atomic mass is 79.9. The second-order valence-electron chi connectivity index (χ2n) is 3.09. The molecule has 0 radical (unpaired) electrons. The van der Waals surface area contributed by atoms with Crippen molar-refractivity contribution in [2.75, 3.05) is 7.11 Å². The summed E-state index contributed by atoms with van der Waals surface area (Å²) in [6.07, 6.45) is 3.57. The van der Waals surface area contributed by atoms with Crippen LogP contribution in [0.5, 0.6) is 5.75 Å². The van der Waals surface area contributed by atoms with Gasteiger partial charge >= 0.3 is 0 Å². The summed E-state index contributed by atoms with van der Waals surface area (Å²) in [6.45, 7) is 0. The van der Waals surface area contributed by atoms with Gasteiger partial charge in [-0.3, -0.25) is 4.98 Å². The molecule has 0 spiro atoms. The highest BCUT2D eigenvalue weighted by molar-refractivity contribution is 9.10. The Morgan fingerprint density at radius 3 is 2.40 bits per heavy atom. The maximum absolute atomic E-state index is 5.18. The molecule has 3 heteroatoms. The molecule has 2 rings (SSSR count). The quantitative estimate of drug-likeness (QED) is 0.827. The summed E-state index contributed by atoms with van der Waals surface area (Å²) in [4.78, 5) is 3.99. The molecule has 0 aliphatic carbocycles. The van der Waals surface area contributed by atoms with Crippen LogP contribution < -0.4 is 4.74 Å². The molecule has 2 nitrogen and oxygen atoms in total. The normalized spacial score (nSPS) is 10.0. The van der Waals surface area contributed by atoms with Crippen molar-refractivity contribution in [3.8, 4) is 16.9 Å². The van der Waals surface area contributed by atoms with Gasteiger partial charge in [0.25, 0.3) is 0 Å². The van der Waals surface area contributed by atoms with Crippen LogP contribution in [0.15, 0.2) is 47.2 Å². The number of methoxy groups -OCH3 is 1. The van der Waals surface area contributed by atoms with Gasteiger partial charge in [0.2, 0.25) is 0 Å². The number of ether oxygens (including phenoxy) is 1. The molecule has 0 atom stereocenters. The Morgan fingerprint density at radius 1 is 1.07 bits per heavy atom. The van der Waals surface area contributed by atoms with Crippen LogP contribution in [0.25, 0.3) is 11.1 Å². The summed E-state index contributed by atoms with van der Waals surface area (Å²) in [5.74, 6) is 0.841. The van der Waals surface area contributed by atoms with Gasteiger partial charge in [0.1, 0.15) is 5.75 Å². The van der Waals surface area contributed by atoms with E-state index in [0.717, 1.165) is 21.3 Å². The number of nitrogens with zero attached hydrogens (tertiary/aromatic N) is 1. The van der Waals surface area contributed by atoms with Gasteiger partial charge in [-0.15, -0.1) is 0 Å². The van der Waals surface area contributed by atoms with Gasteiger partial charge in [-0.05, 0) is 51.3 Å². The van der Waals surface area contributed by atoms with Crippen molar-refractivity contribution in [1.29, 1.82) is 0 Å². The molecular formula is C12H10BrNO. The van der Waals surface area contributed by atoms with Crippen LogP contribution in [-0.4, -0.2) is 12.1 Å². The Morgan fingerprint density at radius 2 is 1.80 bits per heavy atom. The lowest BCUT2D eigenvalue weighted by Gasteiger charge is -2.06. The van der Waals surface area contributed by atoms with E-state index in [2.05, 4.69) is 20.9 Å². The molecule has 1 aromatic carbocycles. The van der Waals surface area contributed by atoms with Crippen molar-refractivity contribution < 1.29 is 4.74 Å². The Hall–Kier alpha value is -1.35. The van der Waals surface area contributed by atoms with Crippen LogP contribution >= 0.6 is 15.9 Å². The van der Waals surface area contributed by atoms with Gasteiger partial charge in [0.05, 0.1) is 11.6 Å². The summed E-state index contributed by atoms with van der Waals surface area (Å²) in [5.41, 5.74) is 2.29. The van der Waals surface area contributed by atoms with Crippen LogP contribution in [0.3, 0.4) is 0 Å². The number of benzene rings is 1. The zero-order valence-electron chi connectivity index (χ0n) is 8.27. The number of rotatable bonds is 2. The molecule has 1 aromatic heterocycles. The number of hydrogen-bond acceptors (Lipinski definition) is 2. The van der Waals surface area contributed by atoms with Gasteiger partial charge in [-0.2, -0.15) is 0 Å². The minimum Gasteiger partial charge on any atom is -0.496 e. The number of halogens is 1. The molecule has 0 aliphatic rings. The number of hydrogen-bond donors (Lipinski definition) is 0. The average molecular weight is 264 g/mol. The van der Waals surface area contributed by atoms with E-state index in [1.165, 1.54) is 0 Å². The second kappa shape index (κ2) is 4.45. The summed E-state index contributed by atoms with van der Waals surface area (Å²) in [6, 6.07) is 9.97. The maximum atomic E-state index is 5.18. The van der Waals surface area contributed by atoms with E-state index < -0.39 is 0 Å². The first-order valence-electron chi connectivity index (χ1n) is 4.55. The van der Waals surface area contributed by atoms with E-state index in [1.807, 2.05) is 30.3 Å². The van der Waals surface area contributed by atoms with E-state index in [4.69, 9.17) is 4.74 Å². The monoisotopic (exact) mass is 263 g/mol. The molecule has 1 heterocycles. The molecule has 0 N–H and O–H groups in total. The lowest BCUT2D eigenvalue weighted by Crippen LogP contribution is -1.85. The minimum absolute atomic E-state index is 0.841. The van der Waals surface area contributed by atoms with Crippen molar-refractivity contribution in [2.45, 2.75) is 0 Å². The van der Waals surface area contributed by atoms with E-state index in [9.17, 15) is 0 Å². The fraction of sp³-hybridized carbons (Fsp3) is 0.0833. The van der Waals surface area contributed by atoms with Gasteiger partial charge < -0.3 is 4.74 Å². The van der Waals surface area contributed by atoms with Gasteiger partial charge in [0.15, 0.2) is 0 Å². The largest absolute Gasteiger partial charge is 0.496 e. The summed E-state index contributed by atoms with van der Waals surface area (Å²) in [7, 11) is 1.66. The first-order valence-corrected chi connectivity index (χ1v) is 5.34. The Bertz CT molecular complexity index is 456. The molecule has 0 unspecified atom stereocenters. The number of pyridine rings is 1. The minimum atomic E-state index is 0.841. The predicted octanol–water partition coefficient (Wildman–Crippen LogP) is 3.52. The molecule has 0 aliphatic heterocycles. The SMILES string of the molecule is COc1ccc(-c2ccncc2)cc1Br. The molecular weight excluding hydrogens is 254 g/mol. The van der Waals surface area contributed by atoms with E-state index in [-0.39, 0.29) is 0 Å². The zero-order valence-corrected chi connectivity index (χ0v) is 9.86. The highest BCUT2D eigenvalue weighted by Crippen LogP contribution is 2.29. The third-order valence-corrected chi connectivity index (χ3v) is 2.79. The molecule has 0 amide bonds. The smallest absolute Gasteiger partial charge is 0.133 e. The first kappa shape index (κ1) is 10.2. The molecule has 0 saturated carbocycles. The molecule has 2 aromatic rings. The lowest BCUT2D eigenvalue weighted by molar-refractivity contribution is 0.412. The van der Waals surface area contributed by atoms with E-state index in [1.54, 1.807) is 19.5 Å². The second-order valence-corrected chi connectivity index (χ2v) is 3.94. The van der Waals surface area contributed by atoms with Crippen molar-refractivity contribution in [1.82, 2.24) is 4.98 Å². The molecule has 15 heavy (non-hydrogen) atoms. The maximum Gasteiger partial charge on any atom is 0.133 e. The zero-order chi connectivity index (χ0) is 10.7. The first-order chi connectivity index (χ1) is 7.31. The Labute approximate surface area is 97.1 Å². The third-order valence-electron chi connectivity index (χ3n) is 2.17. The standard InChI is InChI=1S/C12H10BrNO/c1-15-12-3-2-10(8-11(12)13)9-4-6-14-7-5-9/h2-8H,1H3. The van der Waals surface area contributed by atoms with Crippen LogP contribution in [0.4, 0.5) is 0 Å². The van der Waals surface area contributed by atoms with Gasteiger partial charge in [0, 0.05) is 12.4 Å². The predicted molar refractivity (Wildman–Crippen MR) is 63.9 cm³/mol. The van der Waals surface area contributed by atoms with Gasteiger partial charge in [-0.1, -0.05) is 6.07 Å². The van der Waals surface area contributed by atoms with Crippen molar-refractivity contribution in [2.24, 2.45) is 0 Å². The summed E-state index contributed by atoms with van der Waals surface area (Å²) >= 11 is 3.46. The lowest BCUT2D eigenvalue weighted by atomic mass is 10.1. The van der Waals surface area contributed by atoms with Crippen molar-refractivity contribution in [3.63, 3.8) is 0 Å². The van der Waals surface area contributed by atoms with E-state index >= 15 is 0 Å². The van der Waals surface area contributed by atoms with Crippen LogP contribution in [0.2, 0.25) is 0 Å². The summed E-state index contributed by atoms with van der Waals surface area (Å²) < 4.78 is 6.13. The topological polar surface area (TPSA) is 22.1 Å². The Kier molecular flexibility index (Phi) is 3.02. The fourth-order valence-electron chi connectivity index (χ4n) is 1.39. The third kappa shape index (κ3) is 2.18. The molecule has 0 saturated heterocycles. The molecule has 0 bridgehead atoms. The molecule has 76 valence electrons. The fourth-order valence-corrected chi connectivity index (χ4v) is 1.93. The van der Waals surface area contributed by atoms with Crippen LogP contribution in [0.1, 0.15) is 0 Å². The average Bonchev–Trinajstić information content (AvgIpc) is 2.30. The number of aromatic nitrogens is 1. The van der Waals surface area contributed by atoms with E-state index in [0.29, 0.717) is 0 Å². The van der Waals surface area contributed by atoms with Crippen molar-refractivity contribution >= 4 is 15.9 Å². The molecule has 0 fully saturated rings. The van der Waals surface area contributed by atoms with Crippen molar-refractivity contribution in [3.05, 3.63) is 47.2 Å². The van der Waals surface area contributed by atoms with Crippen LogP contribution in [-0.2, 0) is 0 Å². The Balaban J connectivity index is 2.43. The van der Waals surface area contributed by atoms with Crippen LogP contribution in [0, 0.1) is 0 Å². The summed E-state index contributed by atoms with van der Waals surface area (Å²) in [5, 5.41) is 0. The van der Waals surface area contributed by atoms with Gasteiger partial charge in [-0.25, -0.2) is 0 Å². The highest BCUT2D eigenvalue weighted by Gasteiger charge is 2.02.